The number of methoxy groups -OCH3 is 1. The van der Waals surface area contributed by atoms with E-state index in [1.54, 1.807) is 7.11 Å². The first-order valence-electron chi connectivity index (χ1n) is 8.00. The molecule has 120 valence electrons. The topological polar surface area (TPSA) is 34.1 Å². The summed E-state index contributed by atoms with van der Waals surface area (Å²) in [6.07, 6.45) is 3.85. The predicted octanol–water partition coefficient (Wildman–Crippen LogP) is 3.64. The Labute approximate surface area is 133 Å². The molecule has 0 spiro atoms. The van der Waals surface area contributed by atoms with E-state index in [-0.39, 0.29) is 5.41 Å². The Bertz CT molecular complexity index is 448. The molecule has 1 heterocycles. The number of nitrogens with zero attached hydrogens (tertiary/aromatic N) is 1. The first kappa shape index (κ1) is 16.9. The Morgan fingerprint density at radius 2 is 2.05 bits per heavy atom. The Balaban J connectivity index is 1.97. The van der Waals surface area contributed by atoms with E-state index in [4.69, 9.17) is 9.72 Å². The van der Waals surface area contributed by atoms with Crippen molar-refractivity contribution in [2.45, 2.75) is 52.4 Å². The molecule has 0 radical (unpaired) electrons. The average Bonchev–Trinajstić information content (AvgIpc) is 3.15. The van der Waals surface area contributed by atoms with Crippen LogP contribution in [-0.4, -0.2) is 31.8 Å². The maximum absolute atomic E-state index is 5.12. The lowest BCUT2D eigenvalue weighted by molar-refractivity contribution is 0.187. The van der Waals surface area contributed by atoms with E-state index in [9.17, 15) is 0 Å². The van der Waals surface area contributed by atoms with Crippen LogP contribution in [0.15, 0.2) is 5.38 Å². The van der Waals surface area contributed by atoms with Crippen LogP contribution in [0.3, 0.4) is 0 Å². The van der Waals surface area contributed by atoms with Crippen LogP contribution >= 0.6 is 11.3 Å². The molecule has 1 aromatic heterocycles. The highest BCUT2D eigenvalue weighted by Gasteiger charge is 2.41. The third-order valence-electron chi connectivity index (χ3n) is 4.45. The van der Waals surface area contributed by atoms with Crippen molar-refractivity contribution >= 4 is 11.3 Å². The molecule has 1 atom stereocenters. The molecule has 1 aliphatic carbocycles. The maximum Gasteiger partial charge on any atom is 0.0934 e. The van der Waals surface area contributed by atoms with Crippen LogP contribution in [0.25, 0.3) is 0 Å². The molecule has 1 unspecified atom stereocenters. The minimum Gasteiger partial charge on any atom is -0.383 e. The van der Waals surface area contributed by atoms with Crippen molar-refractivity contribution in [1.29, 1.82) is 0 Å². The van der Waals surface area contributed by atoms with Crippen molar-refractivity contribution in [3.63, 3.8) is 0 Å². The van der Waals surface area contributed by atoms with Crippen molar-refractivity contribution < 1.29 is 4.74 Å². The monoisotopic (exact) mass is 310 g/mol. The van der Waals surface area contributed by atoms with E-state index in [1.807, 2.05) is 11.3 Å². The summed E-state index contributed by atoms with van der Waals surface area (Å²) in [5, 5.41) is 7.09. The molecule has 4 heteroatoms. The number of nitrogens with one attached hydrogen (secondary N) is 1. The Morgan fingerprint density at radius 1 is 1.33 bits per heavy atom. The first-order chi connectivity index (χ1) is 9.85. The largest absolute Gasteiger partial charge is 0.383 e. The molecule has 1 N–H and O–H groups in total. The number of hydrogen-bond donors (Lipinski definition) is 1. The van der Waals surface area contributed by atoms with Crippen LogP contribution < -0.4 is 5.32 Å². The van der Waals surface area contributed by atoms with Gasteiger partial charge in [0.15, 0.2) is 0 Å². The van der Waals surface area contributed by atoms with Crippen LogP contribution in [0.5, 0.6) is 0 Å². The van der Waals surface area contributed by atoms with Gasteiger partial charge in [0.2, 0.25) is 0 Å². The quantitative estimate of drug-likeness (QED) is 0.744. The lowest BCUT2D eigenvalue weighted by atomic mass is 9.81. The van der Waals surface area contributed by atoms with Crippen molar-refractivity contribution in [2.75, 3.05) is 26.8 Å². The number of ether oxygens (including phenoxy) is 1. The average molecular weight is 311 g/mol. The molecule has 2 rings (SSSR count). The van der Waals surface area contributed by atoms with Gasteiger partial charge in [-0.2, -0.15) is 0 Å². The van der Waals surface area contributed by atoms with Gasteiger partial charge in [0, 0.05) is 37.4 Å². The van der Waals surface area contributed by atoms with Gasteiger partial charge in [-0.05, 0) is 24.2 Å². The molecular formula is C17H30N2OS. The SMILES string of the molecule is COCCNCC(C)(Cc1nc(C(C)(C)C)cs1)C1CC1. The molecule has 0 amide bonds. The molecule has 0 aliphatic heterocycles. The summed E-state index contributed by atoms with van der Waals surface area (Å²) in [7, 11) is 1.76. The normalized spacial score (nSPS) is 18.7. The Morgan fingerprint density at radius 3 is 2.57 bits per heavy atom. The third-order valence-corrected chi connectivity index (χ3v) is 5.30. The van der Waals surface area contributed by atoms with Crippen molar-refractivity contribution in [1.82, 2.24) is 10.3 Å². The molecule has 1 aliphatic rings. The minimum absolute atomic E-state index is 0.154. The van der Waals surface area contributed by atoms with Gasteiger partial charge < -0.3 is 10.1 Å². The summed E-state index contributed by atoms with van der Waals surface area (Å²) in [6.45, 7) is 11.9. The van der Waals surface area contributed by atoms with Crippen LogP contribution in [0.2, 0.25) is 0 Å². The fourth-order valence-electron chi connectivity index (χ4n) is 2.76. The summed E-state index contributed by atoms with van der Waals surface area (Å²) in [4.78, 5) is 4.89. The molecule has 21 heavy (non-hydrogen) atoms. The van der Waals surface area contributed by atoms with E-state index < -0.39 is 0 Å². The maximum atomic E-state index is 5.12. The summed E-state index contributed by atoms with van der Waals surface area (Å²) >= 11 is 1.83. The highest BCUT2D eigenvalue weighted by atomic mass is 32.1. The van der Waals surface area contributed by atoms with Crippen LogP contribution in [0.1, 0.15) is 51.2 Å². The summed E-state index contributed by atoms with van der Waals surface area (Å²) in [5.41, 5.74) is 1.72. The van der Waals surface area contributed by atoms with E-state index in [1.165, 1.54) is 23.5 Å². The molecule has 1 saturated carbocycles. The van der Waals surface area contributed by atoms with Gasteiger partial charge in [0.1, 0.15) is 0 Å². The predicted molar refractivity (Wildman–Crippen MR) is 90.1 cm³/mol. The van der Waals surface area contributed by atoms with Crippen LogP contribution in [-0.2, 0) is 16.6 Å². The van der Waals surface area contributed by atoms with Crippen LogP contribution in [0, 0.1) is 11.3 Å². The zero-order valence-corrected chi connectivity index (χ0v) is 15.0. The number of rotatable bonds is 8. The fraction of sp³-hybridized carbons (Fsp3) is 0.824. The van der Waals surface area contributed by atoms with Gasteiger partial charge in [0.05, 0.1) is 17.3 Å². The lowest BCUT2D eigenvalue weighted by Gasteiger charge is -2.29. The zero-order valence-electron chi connectivity index (χ0n) is 14.2. The second kappa shape index (κ2) is 6.76. The summed E-state index contributed by atoms with van der Waals surface area (Å²) in [6, 6.07) is 0. The van der Waals surface area contributed by atoms with E-state index in [0.29, 0.717) is 5.41 Å². The second-order valence-electron chi connectivity index (χ2n) is 7.65. The van der Waals surface area contributed by atoms with Crippen molar-refractivity contribution in [3.05, 3.63) is 16.1 Å². The fourth-order valence-corrected chi connectivity index (χ4v) is 3.98. The number of aromatic nitrogens is 1. The lowest BCUT2D eigenvalue weighted by Crippen LogP contribution is -2.37. The first-order valence-corrected chi connectivity index (χ1v) is 8.88. The molecule has 3 nitrogen and oxygen atoms in total. The zero-order chi connectivity index (χ0) is 15.5. The van der Waals surface area contributed by atoms with Crippen molar-refractivity contribution in [2.24, 2.45) is 11.3 Å². The second-order valence-corrected chi connectivity index (χ2v) is 8.59. The highest BCUT2D eigenvalue weighted by Crippen LogP contribution is 2.47. The highest BCUT2D eigenvalue weighted by molar-refractivity contribution is 7.09. The molecule has 0 aromatic carbocycles. The number of thiazole rings is 1. The van der Waals surface area contributed by atoms with Gasteiger partial charge in [-0.1, -0.05) is 27.7 Å². The Kier molecular flexibility index (Phi) is 5.44. The van der Waals surface area contributed by atoms with Gasteiger partial charge in [0.25, 0.3) is 0 Å². The van der Waals surface area contributed by atoms with Gasteiger partial charge in [-0.3, -0.25) is 0 Å². The van der Waals surface area contributed by atoms with Gasteiger partial charge >= 0.3 is 0 Å². The standard InChI is InChI=1S/C17H30N2OS/c1-16(2,3)14-11-21-15(19-14)10-17(4,13-6-7-13)12-18-8-9-20-5/h11,13,18H,6-10,12H2,1-5H3. The van der Waals surface area contributed by atoms with E-state index in [2.05, 4.69) is 38.4 Å². The third kappa shape index (κ3) is 4.76. The van der Waals surface area contributed by atoms with Crippen LogP contribution in [0.4, 0.5) is 0 Å². The van der Waals surface area contributed by atoms with E-state index >= 15 is 0 Å². The molecule has 1 fully saturated rings. The van der Waals surface area contributed by atoms with E-state index in [0.717, 1.165) is 32.0 Å². The molecule has 1 aromatic rings. The van der Waals surface area contributed by atoms with Gasteiger partial charge in [-0.25, -0.2) is 4.98 Å². The minimum atomic E-state index is 0.154. The van der Waals surface area contributed by atoms with Crippen molar-refractivity contribution in [3.8, 4) is 0 Å². The summed E-state index contributed by atoms with van der Waals surface area (Å²) in [5.74, 6) is 0.856. The smallest absolute Gasteiger partial charge is 0.0934 e. The summed E-state index contributed by atoms with van der Waals surface area (Å²) < 4.78 is 5.12. The molecule has 0 bridgehead atoms. The van der Waals surface area contributed by atoms with Gasteiger partial charge in [-0.15, -0.1) is 11.3 Å². The molecular weight excluding hydrogens is 280 g/mol. The molecule has 0 saturated heterocycles. The Hall–Kier alpha value is -0.450. The number of hydrogen-bond acceptors (Lipinski definition) is 4.